The summed E-state index contributed by atoms with van der Waals surface area (Å²) >= 11 is 0. The molecule has 2 heterocycles. The van der Waals surface area contributed by atoms with Crippen molar-refractivity contribution >= 4 is 17.5 Å². The summed E-state index contributed by atoms with van der Waals surface area (Å²) in [6.07, 6.45) is 0. The highest BCUT2D eigenvalue weighted by Crippen LogP contribution is 2.18. The number of hydrogen-bond acceptors (Lipinski definition) is 5. The molecule has 3 rings (SSSR count). The van der Waals surface area contributed by atoms with Gasteiger partial charge in [-0.15, -0.1) is 0 Å². The summed E-state index contributed by atoms with van der Waals surface area (Å²) in [5.41, 5.74) is 3.29. The molecule has 132 valence electrons. The van der Waals surface area contributed by atoms with E-state index >= 15 is 0 Å². The van der Waals surface area contributed by atoms with Gasteiger partial charge in [0.2, 0.25) is 5.95 Å². The van der Waals surface area contributed by atoms with Crippen molar-refractivity contribution in [2.24, 2.45) is 0 Å². The third kappa shape index (κ3) is 4.14. The van der Waals surface area contributed by atoms with Crippen LogP contribution in [0.2, 0.25) is 0 Å². The van der Waals surface area contributed by atoms with Crippen molar-refractivity contribution < 1.29 is 4.79 Å². The number of hydrogen-bond donors (Lipinski definition) is 1. The zero-order chi connectivity index (χ0) is 17.8. The molecule has 1 fully saturated rings. The van der Waals surface area contributed by atoms with Crippen LogP contribution in [0.5, 0.6) is 0 Å². The van der Waals surface area contributed by atoms with Crippen LogP contribution in [0.15, 0.2) is 30.3 Å². The van der Waals surface area contributed by atoms with Crippen LogP contribution in [0.1, 0.15) is 28.7 Å². The third-order valence-electron chi connectivity index (χ3n) is 4.57. The number of amides is 1. The number of rotatable bonds is 4. The molecule has 1 amide bonds. The molecule has 0 unspecified atom stereocenters. The first-order valence-corrected chi connectivity index (χ1v) is 8.77. The highest BCUT2D eigenvalue weighted by Gasteiger charge is 2.23. The van der Waals surface area contributed by atoms with Crippen molar-refractivity contribution in [3.8, 4) is 0 Å². The lowest BCUT2D eigenvalue weighted by atomic mass is 10.2. The van der Waals surface area contributed by atoms with Crippen LogP contribution in [0.25, 0.3) is 0 Å². The average molecular weight is 339 g/mol. The minimum Gasteiger partial charge on any atom is -0.335 e. The normalized spacial score (nSPS) is 15.2. The second kappa shape index (κ2) is 7.61. The second-order valence-corrected chi connectivity index (χ2v) is 6.38. The molecule has 6 nitrogen and oxygen atoms in total. The van der Waals surface area contributed by atoms with Crippen molar-refractivity contribution in [1.82, 2.24) is 19.8 Å². The van der Waals surface area contributed by atoms with E-state index < -0.39 is 0 Å². The van der Waals surface area contributed by atoms with E-state index in [1.807, 2.05) is 43.0 Å². The molecule has 1 saturated heterocycles. The molecule has 0 radical (unpaired) electrons. The lowest BCUT2D eigenvalue weighted by Gasteiger charge is -2.33. The second-order valence-electron chi connectivity index (χ2n) is 6.38. The van der Waals surface area contributed by atoms with Gasteiger partial charge in [-0.25, -0.2) is 9.97 Å². The Labute approximate surface area is 148 Å². The van der Waals surface area contributed by atoms with Crippen LogP contribution in [-0.2, 0) is 0 Å². The molecule has 1 N–H and O–H groups in total. The van der Waals surface area contributed by atoms with Crippen LogP contribution in [0.4, 0.5) is 11.6 Å². The first-order valence-electron chi connectivity index (χ1n) is 8.77. The maximum Gasteiger partial charge on any atom is 0.272 e. The number of para-hydroxylation sites is 1. The molecule has 1 aromatic heterocycles. The largest absolute Gasteiger partial charge is 0.335 e. The molecule has 0 bridgehead atoms. The molecule has 1 aliphatic heterocycles. The summed E-state index contributed by atoms with van der Waals surface area (Å²) in [6.45, 7) is 10.4. The molecule has 1 aliphatic rings. The van der Waals surface area contributed by atoms with E-state index in [1.54, 1.807) is 6.07 Å². The number of aromatic nitrogens is 2. The number of piperazine rings is 1. The standard InChI is InChI=1S/C19H25N5O/c1-4-23-9-11-24(12-10-23)18(25)17-13-15(3)20-19(22-17)21-16-8-6-5-7-14(16)2/h5-8,13H,4,9-12H2,1-3H3,(H,20,21,22). The number of carbonyl (C=O) groups excluding carboxylic acids is 1. The van der Waals surface area contributed by atoms with Gasteiger partial charge in [0, 0.05) is 37.6 Å². The van der Waals surface area contributed by atoms with Crippen LogP contribution in [0.3, 0.4) is 0 Å². The predicted molar refractivity (Wildman–Crippen MR) is 99.2 cm³/mol. The summed E-state index contributed by atoms with van der Waals surface area (Å²) in [6, 6.07) is 9.72. The first kappa shape index (κ1) is 17.4. The number of likely N-dealkylation sites (N-methyl/N-ethyl adjacent to an activating group) is 1. The number of nitrogens with one attached hydrogen (secondary N) is 1. The molecule has 0 aliphatic carbocycles. The van der Waals surface area contributed by atoms with Crippen LogP contribution < -0.4 is 5.32 Å². The van der Waals surface area contributed by atoms with E-state index in [0.717, 1.165) is 49.7 Å². The summed E-state index contributed by atoms with van der Waals surface area (Å²) in [4.78, 5) is 25.9. The Balaban J connectivity index is 1.77. The van der Waals surface area contributed by atoms with Crippen molar-refractivity contribution in [3.05, 3.63) is 47.3 Å². The zero-order valence-electron chi connectivity index (χ0n) is 15.1. The Morgan fingerprint density at radius 1 is 1.12 bits per heavy atom. The molecule has 25 heavy (non-hydrogen) atoms. The maximum atomic E-state index is 12.8. The Bertz CT molecular complexity index is 753. The SMILES string of the molecule is CCN1CCN(C(=O)c2cc(C)nc(Nc3ccccc3C)n2)CC1. The Hall–Kier alpha value is -2.47. The van der Waals surface area contributed by atoms with E-state index in [4.69, 9.17) is 0 Å². The molecular weight excluding hydrogens is 314 g/mol. The van der Waals surface area contributed by atoms with Gasteiger partial charge in [0.1, 0.15) is 5.69 Å². The van der Waals surface area contributed by atoms with E-state index in [-0.39, 0.29) is 5.91 Å². The van der Waals surface area contributed by atoms with Crippen LogP contribution in [-0.4, -0.2) is 58.4 Å². The summed E-state index contributed by atoms with van der Waals surface area (Å²) in [5.74, 6) is 0.443. The first-order chi connectivity index (χ1) is 12.1. The lowest BCUT2D eigenvalue weighted by Crippen LogP contribution is -2.48. The van der Waals surface area contributed by atoms with Gasteiger partial charge in [-0.1, -0.05) is 25.1 Å². The fraction of sp³-hybridized carbons (Fsp3) is 0.421. The van der Waals surface area contributed by atoms with Gasteiger partial charge in [0.05, 0.1) is 0 Å². The van der Waals surface area contributed by atoms with E-state index in [1.165, 1.54) is 0 Å². The maximum absolute atomic E-state index is 12.8. The van der Waals surface area contributed by atoms with Crippen molar-refractivity contribution in [2.75, 3.05) is 38.0 Å². The average Bonchev–Trinajstić information content (AvgIpc) is 2.62. The third-order valence-corrected chi connectivity index (χ3v) is 4.57. The summed E-state index contributed by atoms with van der Waals surface area (Å²) in [5, 5.41) is 3.23. The lowest BCUT2D eigenvalue weighted by molar-refractivity contribution is 0.0637. The van der Waals surface area contributed by atoms with Crippen LogP contribution in [0, 0.1) is 13.8 Å². The Morgan fingerprint density at radius 2 is 1.84 bits per heavy atom. The number of anilines is 2. The van der Waals surface area contributed by atoms with Gasteiger partial charge in [-0.2, -0.15) is 0 Å². The quantitative estimate of drug-likeness (QED) is 0.928. The Morgan fingerprint density at radius 3 is 2.52 bits per heavy atom. The van der Waals surface area contributed by atoms with E-state index in [0.29, 0.717) is 11.6 Å². The summed E-state index contributed by atoms with van der Waals surface area (Å²) in [7, 11) is 0. The fourth-order valence-electron chi connectivity index (χ4n) is 3.00. The zero-order valence-corrected chi connectivity index (χ0v) is 15.1. The number of carbonyl (C=O) groups is 1. The smallest absolute Gasteiger partial charge is 0.272 e. The minimum absolute atomic E-state index is 0.0194. The predicted octanol–water partition coefficient (Wildman–Crippen LogP) is 2.61. The molecule has 6 heteroatoms. The van der Waals surface area contributed by atoms with Crippen molar-refractivity contribution in [3.63, 3.8) is 0 Å². The van der Waals surface area contributed by atoms with Gasteiger partial charge >= 0.3 is 0 Å². The van der Waals surface area contributed by atoms with Crippen molar-refractivity contribution in [2.45, 2.75) is 20.8 Å². The molecule has 2 aromatic rings. The fourth-order valence-corrected chi connectivity index (χ4v) is 3.00. The van der Waals surface area contributed by atoms with Gasteiger partial charge < -0.3 is 15.1 Å². The summed E-state index contributed by atoms with van der Waals surface area (Å²) < 4.78 is 0. The van der Waals surface area contributed by atoms with Gasteiger partial charge in [0.25, 0.3) is 5.91 Å². The van der Waals surface area contributed by atoms with E-state index in [9.17, 15) is 4.79 Å². The van der Waals surface area contributed by atoms with E-state index in [2.05, 4.69) is 27.1 Å². The minimum atomic E-state index is -0.0194. The topological polar surface area (TPSA) is 61.4 Å². The molecular formula is C19H25N5O. The molecule has 0 spiro atoms. The monoisotopic (exact) mass is 339 g/mol. The number of benzene rings is 1. The highest BCUT2D eigenvalue weighted by atomic mass is 16.2. The number of aryl methyl sites for hydroxylation is 2. The highest BCUT2D eigenvalue weighted by molar-refractivity contribution is 5.92. The Kier molecular flexibility index (Phi) is 5.28. The molecule has 0 atom stereocenters. The van der Waals surface area contributed by atoms with Gasteiger partial charge in [-0.3, -0.25) is 4.79 Å². The molecule has 0 saturated carbocycles. The van der Waals surface area contributed by atoms with Crippen LogP contribution >= 0.6 is 0 Å². The molecule has 1 aromatic carbocycles. The van der Waals surface area contributed by atoms with Gasteiger partial charge in [0.15, 0.2) is 0 Å². The van der Waals surface area contributed by atoms with Crippen molar-refractivity contribution in [1.29, 1.82) is 0 Å². The number of nitrogens with zero attached hydrogens (tertiary/aromatic N) is 4. The van der Waals surface area contributed by atoms with Gasteiger partial charge in [-0.05, 0) is 38.1 Å².